The molecule has 1 rings (SSSR count). The number of isocyanates is 1. The zero-order valence-electron chi connectivity index (χ0n) is 5.00. The van der Waals surface area contributed by atoms with Crippen LogP contribution in [-0.2, 0) is 4.79 Å². The zero-order chi connectivity index (χ0) is 7.23. The van der Waals surface area contributed by atoms with Gasteiger partial charge >= 0.3 is 0 Å². The lowest BCUT2D eigenvalue weighted by atomic mass is 10.5. The quantitative estimate of drug-likeness (QED) is 0.311. The summed E-state index contributed by atoms with van der Waals surface area (Å²) in [5, 5.41) is 1.91. The number of nitrogens with zero attached hydrogens (tertiary/aromatic N) is 1. The van der Waals surface area contributed by atoms with Crippen LogP contribution in [0.25, 0.3) is 0 Å². The van der Waals surface area contributed by atoms with E-state index in [1.54, 1.807) is 0 Å². The van der Waals surface area contributed by atoms with Crippen LogP contribution in [0.1, 0.15) is 4.88 Å². The van der Waals surface area contributed by atoms with Crippen molar-refractivity contribution in [3.8, 4) is 12.0 Å². The first-order valence-electron chi connectivity index (χ1n) is 2.55. The molecule has 0 spiro atoms. The summed E-state index contributed by atoms with van der Waals surface area (Å²) >= 11 is 1.51. The van der Waals surface area contributed by atoms with E-state index in [1.165, 1.54) is 17.4 Å². The lowest BCUT2D eigenvalue weighted by Gasteiger charge is -1.69. The lowest BCUT2D eigenvalue weighted by Crippen LogP contribution is -1.56. The van der Waals surface area contributed by atoms with Crippen molar-refractivity contribution in [2.45, 2.75) is 0 Å². The van der Waals surface area contributed by atoms with E-state index in [0.29, 0.717) is 0 Å². The molecule has 1 aromatic heterocycles. The Balaban J connectivity index is 2.75. The third kappa shape index (κ3) is 1.87. The van der Waals surface area contributed by atoms with Crippen LogP contribution < -0.4 is 0 Å². The van der Waals surface area contributed by atoms with Gasteiger partial charge in [0, 0.05) is 0 Å². The van der Waals surface area contributed by atoms with E-state index in [-0.39, 0.29) is 0 Å². The molecule has 48 valence electrons. The predicted octanol–water partition coefficient (Wildman–Crippen LogP) is 1.39. The van der Waals surface area contributed by atoms with Gasteiger partial charge in [0.1, 0.15) is 0 Å². The summed E-state index contributed by atoms with van der Waals surface area (Å²) in [5.41, 5.74) is 0. The smallest absolute Gasteiger partial charge is 0.210 e. The minimum Gasteiger partial charge on any atom is -0.210 e. The molecule has 0 unspecified atom stereocenters. The standard InChI is InChI=1S/C7H3NOS/c9-6-8-4-3-7-2-1-5-10-7/h1-2,5H. The summed E-state index contributed by atoms with van der Waals surface area (Å²) in [7, 11) is 0. The van der Waals surface area contributed by atoms with E-state index in [2.05, 4.69) is 17.0 Å². The van der Waals surface area contributed by atoms with Gasteiger partial charge in [-0.2, -0.15) is 0 Å². The highest BCUT2D eigenvalue weighted by atomic mass is 32.1. The normalized spacial score (nSPS) is 7.20. The molecule has 0 radical (unpaired) electrons. The first-order chi connectivity index (χ1) is 4.93. The van der Waals surface area contributed by atoms with Crippen LogP contribution in [0, 0.1) is 12.0 Å². The van der Waals surface area contributed by atoms with Gasteiger partial charge in [0.25, 0.3) is 0 Å². The number of hydrogen-bond donors (Lipinski definition) is 0. The van der Waals surface area contributed by atoms with Crippen LogP contribution >= 0.6 is 11.3 Å². The summed E-state index contributed by atoms with van der Waals surface area (Å²) < 4.78 is 0. The molecule has 1 heterocycles. The Morgan fingerprint density at radius 1 is 1.60 bits per heavy atom. The number of aliphatic imine (C=N–C) groups is 1. The second-order valence-corrected chi connectivity index (χ2v) is 2.36. The topological polar surface area (TPSA) is 29.4 Å². The highest BCUT2D eigenvalue weighted by Crippen LogP contribution is 2.04. The van der Waals surface area contributed by atoms with Crippen LogP contribution in [-0.4, -0.2) is 6.08 Å². The summed E-state index contributed by atoms with van der Waals surface area (Å²) in [6, 6.07) is 6.05. The summed E-state index contributed by atoms with van der Waals surface area (Å²) in [6.07, 6.45) is 1.34. The van der Waals surface area contributed by atoms with Crippen molar-refractivity contribution in [2.75, 3.05) is 0 Å². The molecular formula is C7H3NOS. The molecule has 0 saturated heterocycles. The largest absolute Gasteiger partial charge is 0.249 e. The number of hydrogen-bond acceptors (Lipinski definition) is 3. The predicted molar refractivity (Wildman–Crippen MR) is 39.3 cm³/mol. The molecular weight excluding hydrogens is 146 g/mol. The van der Waals surface area contributed by atoms with Gasteiger partial charge in [-0.1, -0.05) is 6.07 Å². The van der Waals surface area contributed by atoms with E-state index < -0.39 is 0 Å². The Morgan fingerprint density at radius 3 is 3.10 bits per heavy atom. The Hall–Kier alpha value is -1.36. The first-order valence-corrected chi connectivity index (χ1v) is 3.43. The highest BCUT2D eigenvalue weighted by Gasteiger charge is 1.81. The lowest BCUT2D eigenvalue weighted by molar-refractivity contribution is 0.565. The second kappa shape index (κ2) is 3.62. The van der Waals surface area contributed by atoms with Gasteiger partial charge in [-0.25, -0.2) is 4.79 Å². The highest BCUT2D eigenvalue weighted by molar-refractivity contribution is 7.10. The van der Waals surface area contributed by atoms with Crippen molar-refractivity contribution >= 4 is 17.4 Å². The van der Waals surface area contributed by atoms with Crippen molar-refractivity contribution in [1.82, 2.24) is 0 Å². The molecule has 1 aromatic rings. The summed E-state index contributed by atoms with van der Waals surface area (Å²) in [5.74, 6) is 2.66. The molecule has 0 aliphatic rings. The molecule has 0 saturated carbocycles. The SMILES string of the molecule is O=C=NC#Cc1cccs1. The maximum atomic E-state index is 9.54. The number of rotatable bonds is 0. The Kier molecular flexibility index (Phi) is 2.45. The molecule has 0 aromatic carbocycles. The van der Waals surface area contributed by atoms with Crippen LogP contribution in [0.4, 0.5) is 0 Å². The molecule has 0 fully saturated rings. The van der Waals surface area contributed by atoms with Gasteiger partial charge in [-0.15, -0.1) is 16.3 Å². The Bertz CT molecular complexity index is 298. The number of carbonyl (C=O) groups excluding carboxylic acids is 1. The summed E-state index contributed by atoms with van der Waals surface area (Å²) in [6.45, 7) is 0. The van der Waals surface area contributed by atoms with E-state index in [4.69, 9.17) is 0 Å². The van der Waals surface area contributed by atoms with Gasteiger partial charge in [0.15, 0.2) is 0 Å². The molecule has 2 nitrogen and oxygen atoms in total. The molecule has 0 N–H and O–H groups in total. The fourth-order valence-corrected chi connectivity index (χ4v) is 1.02. The fourth-order valence-electron chi connectivity index (χ4n) is 0.456. The summed E-state index contributed by atoms with van der Waals surface area (Å²) in [4.78, 5) is 13.5. The van der Waals surface area contributed by atoms with Crippen LogP contribution in [0.3, 0.4) is 0 Å². The van der Waals surface area contributed by atoms with Crippen LogP contribution in [0.15, 0.2) is 22.5 Å². The van der Waals surface area contributed by atoms with Crippen molar-refractivity contribution in [3.63, 3.8) is 0 Å². The second-order valence-electron chi connectivity index (χ2n) is 1.42. The van der Waals surface area contributed by atoms with E-state index in [0.717, 1.165) is 4.88 Å². The van der Waals surface area contributed by atoms with Gasteiger partial charge < -0.3 is 0 Å². The first kappa shape index (κ1) is 6.76. The van der Waals surface area contributed by atoms with Gasteiger partial charge in [-0.05, 0) is 17.4 Å². The van der Waals surface area contributed by atoms with Crippen molar-refractivity contribution < 1.29 is 4.79 Å². The maximum Gasteiger partial charge on any atom is 0.249 e. The molecule has 0 atom stereocenters. The third-order valence-corrected chi connectivity index (χ3v) is 1.59. The minimum atomic E-state index is 0.902. The average molecular weight is 149 g/mol. The van der Waals surface area contributed by atoms with Crippen LogP contribution in [0.5, 0.6) is 0 Å². The van der Waals surface area contributed by atoms with Crippen LogP contribution in [0.2, 0.25) is 0 Å². The number of thiophene rings is 1. The van der Waals surface area contributed by atoms with Gasteiger partial charge in [0.2, 0.25) is 6.08 Å². The van der Waals surface area contributed by atoms with Crippen molar-refractivity contribution in [1.29, 1.82) is 0 Å². The Labute approximate surface area is 62.2 Å². The minimum absolute atomic E-state index is 0.902. The monoisotopic (exact) mass is 149 g/mol. The molecule has 10 heavy (non-hydrogen) atoms. The van der Waals surface area contributed by atoms with Crippen molar-refractivity contribution in [3.05, 3.63) is 22.4 Å². The van der Waals surface area contributed by atoms with E-state index in [9.17, 15) is 4.79 Å². The molecule has 0 aliphatic heterocycles. The maximum absolute atomic E-state index is 9.54. The molecule has 0 aliphatic carbocycles. The fraction of sp³-hybridized carbons (Fsp3) is 0. The van der Waals surface area contributed by atoms with Crippen molar-refractivity contribution in [2.24, 2.45) is 4.99 Å². The third-order valence-electron chi connectivity index (χ3n) is 0.802. The van der Waals surface area contributed by atoms with E-state index in [1.807, 2.05) is 17.5 Å². The zero-order valence-corrected chi connectivity index (χ0v) is 5.81. The molecule has 0 bridgehead atoms. The molecule has 0 amide bonds. The Morgan fingerprint density at radius 2 is 2.50 bits per heavy atom. The molecule has 3 heteroatoms. The average Bonchev–Trinajstić information content (AvgIpc) is 2.41. The van der Waals surface area contributed by atoms with E-state index >= 15 is 0 Å². The van der Waals surface area contributed by atoms with Gasteiger partial charge in [-0.3, -0.25) is 0 Å². The van der Waals surface area contributed by atoms with Gasteiger partial charge in [0.05, 0.1) is 10.9 Å².